The van der Waals surface area contributed by atoms with Crippen LogP contribution in [0.2, 0.25) is 0 Å². The lowest BCUT2D eigenvalue weighted by Gasteiger charge is -2.07. The molecule has 0 atom stereocenters. The number of anilines is 1. The van der Waals surface area contributed by atoms with Crippen LogP contribution in [0.4, 0.5) is 5.95 Å². The summed E-state index contributed by atoms with van der Waals surface area (Å²) in [7, 11) is 0. The smallest absolute Gasteiger partial charge is 0.205 e. The van der Waals surface area contributed by atoms with E-state index in [2.05, 4.69) is 43.1 Å². The van der Waals surface area contributed by atoms with Gasteiger partial charge in [0.15, 0.2) is 0 Å². The second-order valence-electron chi connectivity index (χ2n) is 4.64. The molecule has 90 valence electrons. The number of fused-ring (bicyclic) bond motifs is 1. The first-order chi connectivity index (χ1) is 8.65. The van der Waals surface area contributed by atoms with E-state index in [1.807, 2.05) is 22.8 Å². The lowest BCUT2D eigenvalue weighted by Crippen LogP contribution is -2.00. The van der Waals surface area contributed by atoms with Crippen LogP contribution in [0.15, 0.2) is 42.5 Å². The number of benzene rings is 2. The number of imidazole rings is 1. The van der Waals surface area contributed by atoms with Crippen molar-refractivity contribution < 1.29 is 0 Å². The monoisotopic (exact) mass is 237 g/mol. The van der Waals surface area contributed by atoms with E-state index >= 15 is 0 Å². The zero-order valence-corrected chi connectivity index (χ0v) is 10.5. The molecule has 0 amide bonds. The molecule has 0 radical (unpaired) electrons. The highest BCUT2D eigenvalue weighted by molar-refractivity contribution is 5.81. The summed E-state index contributed by atoms with van der Waals surface area (Å²) in [4.78, 5) is 4.40. The molecule has 0 aliphatic heterocycles. The van der Waals surface area contributed by atoms with Gasteiger partial charge in [0.05, 0.1) is 11.0 Å². The van der Waals surface area contributed by atoms with Gasteiger partial charge < -0.3 is 5.73 Å². The fourth-order valence-corrected chi connectivity index (χ4v) is 2.24. The van der Waals surface area contributed by atoms with E-state index in [0.717, 1.165) is 16.7 Å². The van der Waals surface area contributed by atoms with Gasteiger partial charge in [0.1, 0.15) is 0 Å². The Labute approximate surface area is 106 Å². The molecule has 3 aromatic rings. The lowest BCUT2D eigenvalue weighted by atomic mass is 10.2. The summed E-state index contributed by atoms with van der Waals surface area (Å²) < 4.78 is 2.00. The van der Waals surface area contributed by atoms with Crippen molar-refractivity contribution >= 4 is 17.0 Å². The molecule has 2 aromatic carbocycles. The number of rotatable bonds is 1. The Morgan fingerprint density at radius 3 is 2.56 bits per heavy atom. The first-order valence-corrected chi connectivity index (χ1v) is 5.97. The highest BCUT2D eigenvalue weighted by atomic mass is 15.2. The van der Waals surface area contributed by atoms with Gasteiger partial charge in [0.2, 0.25) is 5.95 Å². The van der Waals surface area contributed by atoms with Crippen molar-refractivity contribution in [2.45, 2.75) is 13.8 Å². The molecule has 18 heavy (non-hydrogen) atoms. The SMILES string of the molecule is Cc1cccc(-n2c(N)nc3ccc(C)cc32)c1. The van der Waals surface area contributed by atoms with E-state index in [-0.39, 0.29) is 0 Å². The number of aryl methyl sites for hydroxylation is 2. The van der Waals surface area contributed by atoms with Crippen LogP contribution >= 0.6 is 0 Å². The summed E-state index contributed by atoms with van der Waals surface area (Å²) in [6, 6.07) is 14.4. The predicted molar refractivity (Wildman–Crippen MR) is 75.0 cm³/mol. The molecule has 1 aromatic heterocycles. The van der Waals surface area contributed by atoms with Gasteiger partial charge in [-0.15, -0.1) is 0 Å². The van der Waals surface area contributed by atoms with Crippen molar-refractivity contribution in [1.29, 1.82) is 0 Å². The predicted octanol–water partition coefficient (Wildman–Crippen LogP) is 3.22. The third-order valence-corrected chi connectivity index (χ3v) is 3.10. The van der Waals surface area contributed by atoms with Crippen LogP contribution in [0.25, 0.3) is 16.7 Å². The second-order valence-corrected chi connectivity index (χ2v) is 4.64. The van der Waals surface area contributed by atoms with Crippen LogP contribution in [-0.4, -0.2) is 9.55 Å². The molecule has 0 bridgehead atoms. The van der Waals surface area contributed by atoms with Gasteiger partial charge in [-0.2, -0.15) is 0 Å². The minimum Gasteiger partial charge on any atom is -0.369 e. The number of hydrogen-bond donors (Lipinski definition) is 1. The molecule has 0 fully saturated rings. The van der Waals surface area contributed by atoms with Crippen molar-refractivity contribution in [2.24, 2.45) is 0 Å². The summed E-state index contributed by atoms with van der Waals surface area (Å²) >= 11 is 0. The van der Waals surface area contributed by atoms with Gasteiger partial charge in [-0.3, -0.25) is 4.57 Å². The maximum absolute atomic E-state index is 6.04. The maximum Gasteiger partial charge on any atom is 0.205 e. The Morgan fingerprint density at radius 2 is 1.78 bits per heavy atom. The number of aromatic nitrogens is 2. The molecule has 0 spiro atoms. The van der Waals surface area contributed by atoms with E-state index in [1.165, 1.54) is 11.1 Å². The Kier molecular flexibility index (Phi) is 2.33. The fourth-order valence-electron chi connectivity index (χ4n) is 2.24. The van der Waals surface area contributed by atoms with Crippen molar-refractivity contribution in [1.82, 2.24) is 9.55 Å². The number of nitrogen functional groups attached to an aromatic ring is 1. The highest BCUT2D eigenvalue weighted by Crippen LogP contribution is 2.24. The molecule has 0 aliphatic rings. The third kappa shape index (κ3) is 1.64. The Morgan fingerprint density at radius 1 is 1.00 bits per heavy atom. The Balaban J connectivity index is 2.34. The first-order valence-electron chi connectivity index (χ1n) is 5.97. The molecule has 0 saturated carbocycles. The second kappa shape index (κ2) is 3.88. The molecule has 0 unspecified atom stereocenters. The topological polar surface area (TPSA) is 43.8 Å². The van der Waals surface area contributed by atoms with Gasteiger partial charge in [-0.05, 0) is 49.2 Å². The van der Waals surface area contributed by atoms with E-state index in [1.54, 1.807) is 0 Å². The average Bonchev–Trinajstić information content (AvgIpc) is 2.64. The highest BCUT2D eigenvalue weighted by Gasteiger charge is 2.09. The average molecular weight is 237 g/mol. The van der Waals surface area contributed by atoms with E-state index in [4.69, 9.17) is 5.73 Å². The van der Waals surface area contributed by atoms with Gasteiger partial charge in [0, 0.05) is 5.69 Å². The minimum atomic E-state index is 0.529. The lowest BCUT2D eigenvalue weighted by molar-refractivity contribution is 1.10. The minimum absolute atomic E-state index is 0.529. The largest absolute Gasteiger partial charge is 0.369 e. The quantitative estimate of drug-likeness (QED) is 0.706. The summed E-state index contributed by atoms with van der Waals surface area (Å²) in [5.41, 5.74) is 11.5. The Hall–Kier alpha value is -2.29. The van der Waals surface area contributed by atoms with Crippen molar-refractivity contribution in [3.63, 3.8) is 0 Å². The van der Waals surface area contributed by atoms with Crippen molar-refractivity contribution in [3.8, 4) is 5.69 Å². The third-order valence-electron chi connectivity index (χ3n) is 3.10. The van der Waals surface area contributed by atoms with Crippen molar-refractivity contribution in [3.05, 3.63) is 53.6 Å². The molecule has 3 nitrogen and oxygen atoms in total. The number of nitrogens with two attached hydrogens (primary N) is 1. The van der Waals surface area contributed by atoms with Crippen molar-refractivity contribution in [2.75, 3.05) is 5.73 Å². The Bertz CT molecular complexity index is 726. The molecule has 2 N–H and O–H groups in total. The maximum atomic E-state index is 6.04. The summed E-state index contributed by atoms with van der Waals surface area (Å²) in [6.45, 7) is 4.15. The van der Waals surface area contributed by atoms with Gasteiger partial charge in [-0.1, -0.05) is 18.2 Å². The van der Waals surface area contributed by atoms with E-state index in [0.29, 0.717) is 5.95 Å². The van der Waals surface area contributed by atoms with E-state index in [9.17, 15) is 0 Å². The summed E-state index contributed by atoms with van der Waals surface area (Å²) in [5.74, 6) is 0.529. The first kappa shape index (κ1) is 10.8. The molecular weight excluding hydrogens is 222 g/mol. The molecule has 3 rings (SSSR count). The number of nitrogens with zero attached hydrogens (tertiary/aromatic N) is 2. The van der Waals surface area contributed by atoms with E-state index < -0.39 is 0 Å². The zero-order chi connectivity index (χ0) is 12.7. The van der Waals surface area contributed by atoms with Crippen LogP contribution in [0, 0.1) is 13.8 Å². The molecular formula is C15H15N3. The van der Waals surface area contributed by atoms with Gasteiger partial charge >= 0.3 is 0 Å². The molecule has 1 heterocycles. The zero-order valence-electron chi connectivity index (χ0n) is 10.5. The summed E-state index contributed by atoms with van der Waals surface area (Å²) in [5, 5.41) is 0. The summed E-state index contributed by atoms with van der Waals surface area (Å²) in [6.07, 6.45) is 0. The van der Waals surface area contributed by atoms with Crippen LogP contribution in [0.1, 0.15) is 11.1 Å². The van der Waals surface area contributed by atoms with Gasteiger partial charge in [-0.25, -0.2) is 4.98 Å². The molecule has 0 aliphatic carbocycles. The normalized spacial score (nSPS) is 11.0. The van der Waals surface area contributed by atoms with Gasteiger partial charge in [0.25, 0.3) is 0 Å². The number of hydrogen-bond acceptors (Lipinski definition) is 2. The standard InChI is InChI=1S/C15H15N3/c1-10-4-3-5-12(8-10)18-14-9-11(2)6-7-13(14)17-15(18)16/h3-9H,1-2H3,(H2,16,17). The van der Waals surface area contributed by atoms with Crippen LogP contribution in [0.5, 0.6) is 0 Å². The fraction of sp³-hybridized carbons (Fsp3) is 0.133. The van der Waals surface area contributed by atoms with Crippen LogP contribution in [0.3, 0.4) is 0 Å². The molecule has 0 saturated heterocycles. The van der Waals surface area contributed by atoms with Crippen LogP contribution in [-0.2, 0) is 0 Å². The van der Waals surface area contributed by atoms with Crippen LogP contribution < -0.4 is 5.73 Å². The molecule has 3 heteroatoms.